The van der Waals surface area contributed by atoms with Crippen molar-refractivity contribution in [3.63, 3.8) is 0 Å². The number of likely N-dealkylation sites (tertiary alicyclic amines) is 1. The predicted molar refractivity (Wildman–Crippen MR) is 72.0 cm³/mol. The molecule has 0 atom stereocenters. The third-order valence-corrected chi connectivity index (χ3v) is 3.78. The van der Waals surface area contributed by atoms with Crippen molar-refractivity contribution in [3.05, 3.63) is 5.32 Å². The third kappa shape index (κ3) is 6.86. The van der Waals surface area contributed by atoms with E-state index in [4.69, 9.17) is 0 Å². The van der Waals surface area contributed by atoms with Crippen LogP contribution in [0.25, 0.3) is 5.32 Å². The van der Waals surface area contributed by atoms with Gasteiger partial charge in [-0.05, 0) is 37.8 Å². The molecule has 2 saturated heterocycles. The summed E-state index contributed by atoms with van der Waals surface area (Å²) in [5.74, 6) is 1.91. The van der Waals surface area contributed by atoms with E-state index in [1.165, 1.54) is 45.3 Å². The molecule has 2 aliphatic rings. The summed E-state index contributed by atoms with van der Waals surface area (Å²) >= 11 is 0. The minimum absolute atomic E-state index is 0. The first-order valence-corrected chi connectivity index (χ1v) is 7.20. The van der Waals surface area contributed by atoms with Gasteiger partial charge in [-0.15, -0.1) is 13.1 Å². The van der Waals surface area contributed by atoms with E-state index >= 15 is 0 Å². The van der Waals surface area contributed by atoms with Crippen LogP contribution in [0.3, 0.4) is 0 Å². The summed E-state index contributed by atoms with van der Waals surface area (Å²) in [7, 11) is 0. The van der Waals surface area contributed by atoms with Gasteiger partial charge in [0.05, 0.1) is 0 Å². The molecule has 17 heavy (non-hydrogen) atoms. The van der Waals surface area contributed by atoms with Gasteiger partial charge in [0.1, 0.15) is 0 Å². The standard InChI is InChI=1S/C12H23N2.C2H6.V/c1-11-4-8-14(9-5-11)10-12-2-6-13-7-3-12;1-2;/h11-12H,2-10H2,1H3;1-2H3;/q-1;;. The van der Waals surface area contributed by atoms with Gasteiger partial charge in [0.2, 0.25) is 0 Å². The van der Waals surface area contributed by atoms with Gasteiger partial charge in [-0.2, -0.15) is 0 Å². The monoisotopic (exact) mass is 276 g/mol. The summed E-state index contributed by atoms with van der Waals surface area (Å²) in [6, 6.07) is 0. The first-order chi connectivity index (χ1) is 7.84. The van der Waals surface area contributed by atoms with E-state index in [0.29, 0.717) is 0 Å². The van der Waals surface area contributed by atoms with Crippen LogP contribution < -0.4 is 0 Å². The average Bonchev–Trinajstić information content (AvgIpc) is 2.36. The molecule has 2 nitrogen and oxygen atoms in total. The van der Waals surface area contributed by atoms with Crippen LogP contribution in [0.4, 0.5) is 0 Å². The van der Waals surface area contributed by atoms with Crippen LogP contribution in [0.2, 0.25) is 0 Å². The van der Waals surface area contributed by atoms with E-state index in [1.54, 1.807) is 0 Å². The number of nitrogens with zero attached hydrogens (tertiary/aromatic N) is 2. The Labute approximate surface area is 120 Å². The van der Waals surface area contributed by atoms with E-state index in [-0.39, 0.29) is 18.6 Å². The van der Waals surface area contributed by atoms with Crippen LogP contribution >= 0.6 is 0 Å². The fraction of sp³-hybridized carbons (Fsp3) is 1.00. The van der Waals surface area contributed by atoms with E-state index in [0.717, 1.165) is 24.9 Å². The fourth-order valence-corrected chi connectivity index (χ4v) is 2.60. The van der Waals surface area contributed by atoms with Gasteiger partial charge in [0.25, 0.3) is 0 Å². The molecule has 0 aromatic rings. The Hall–Kier alpha value is 0.504. The fourth-order valence-electron chi connectivity index (χ4n) is 2.60. The van der Waals surface area contributed by atoms with Crippen molar-refractivity contribution >= 4 is 0 Å². The van der Waals surface area contributed by atoms with Crippen molar-refractivity contribution in [3.8, 4) is 0 Å². The molecule has 0 aliphatic carbocycles. The minimum atomic E-state index is 0. The average molecular weight is 276 g/mol. The first-order valence-electron chi connectivity index (χ1n) is 7.20. The maximum atomic E-state index is 4.41. The van der Waals surface area contributed by atoms with Crippen molar-refractivity contribution in [2.24, 2.45) is 11.8 Å². The Morgan fingerprint density at radius 3 is 2.06 bits per heavy atom. The van der Waals surface area contributed by atoms with Crippen molar-refractivity contribution in [1.82, 2.24) is 4.90 Å². The molecule has 0 N–H and O–H groups in total. The second-order valence-electron chi connectivity index (χ2n) is 5.10. The summed E-state index contributed by atoms with van der Waals surface area (Å²) in [6.07, 6.45) is 5.51. The summed E-state index contributed by atoms with van der Waals surface area (Å²) < 4.78 is 0. The normalized spacial score (nSPS) is 23.5. The van der Waals surface area contributed by atoms with E-state index in [2.05, 4.69) is 17.1 Å². The molecule has 0 spiro atoms. The molecule has 0 unspecified atom stereocenters. The molecule has 101 valence electrons. The van der Waals surface area contributed by atoms with E-state index < -0.39 is 0 Å². The van der Waals surface area contributed by atoms with Crippen LogP contribution in [-0.2, 0) is 18.6 Å². The summed E-state index contributed by atoms with van der Waals surface area (Å²) in [4.78, 5) is 2.68. The van der Waals surface area contributed by atoms with Gasteiger partial charge in [-0.25, -0.2) is 0 Å². The zero-order valence-corrected chi connectivity index (χ0v) is 13.3. The van der Waals surface area contributed by atoms with Crippen molar-refractivity contribution < 1.29 is 18.6 Å². The van der Waals surface area contributed by atoms with Crippen molar-refractivity contribution in [1.29, 1.82) is 0 Å². The van der Waals surface area contributed by atoms with Crippen LogP contribution in [0.15, 0.2) is 0 Å². The number of hydrogen-bond donors (Lipinski definition) is 0. The van der Waals surface area contributed by atoms with Gasteiger partial charge in [0, 0.05) is 25.1 Å². The maximum Gasteiger partial charge on any atom is 0.000842 e. The van der Waals surface area contributed by atoms with E-state index in [9.17, 15) is 0 Å². The topological polar surface area (TPSA) is 17.3 Å². The van der Waals surface area contributed by atoms with Crippen LogP contribution in [0.1, 0.15) is 46.5 Å². The summed E-state index contributed by atoms with van der Waals surface area (Å²) in [6.45, 7) is 12.7. The molecule has 0 aromatic carbocycles. The Kier molecular flexibility index (Phi) is 10.7. The molecular formula is C14H29N2V-. The zero-order valence-electron chi connectivity index (χ0n) is 11.9. The Bertz CT molecular complexity index is 162. The molecule has 0 bridgehead atoms. The number of piperidine rings is 2. The largest absolute Gasteiger partial charge is 0.662 e. The summed E-state index contributed by atoms with van der Waals surface area (Å²) in [5, 5.41) is 4.41. The van der Waals surface area contributed by atoms with Gasteiger partial charge in [-0.3, -0.25) is 0 Å². The molecule has 0 aromatic heterocycles. The number of hydrogen-bond acceptors (Lipinski definition) is 1. The zero-order chi connectivity index (χ0) is 11.8. The number of rotatable bonds is 2. The smallest absolute Gasteiger partial charge is 0.000842 e. The summed E-state index contributed by atoms with van der Waals surface area (Å²) in [5.41, 5.74) is 0. The van der Waals surface area contributed by atoms with E-state index in [1.807, 2.05) is 13.8 Å². The Morgan fingerprint density at radius 1 is 1.00 bits per heavy atom. The molecule has 0 amide bonds. The van der Waals surface area contributed by atoms with Gasteiger partial charge in [-0.1, -0.05) is 33.6 Å². The molecule has 2 heterocycles. The molecule has 2 rings (SSSR count). The minimum Gasteiger partial charge on any atom is -0.662 e. The second-order valence-corrected chi connectivity index (χ2v) is 5.10. The molecule has 2 aliphatic heterocycles. The first kappa shape index (κ1) is 17.5. The Morgan fingerprint density at radius 2 is 1.53 bits per heavy atom. The third-order valence-electron chi connectivity index (χ3n) is 3.78. The molecular weight excluding hydrogens is 247 g/mol. The Balaban J connectivity index is 0.000000811. The molecule has 0 saturated carbocycles. The van der Waals surface area contributed by atoms with Crippen LogP contribution in [0, 0.1) is 11.8 Å². The molecule has 1 radical (unpaired) electrons. The second kappa shape index (κ2) is 10.4. The van der Waals surface area contributed by atoms with Crippen molar-refractivity contribution in [2.75, 3.05) is 32.7 Å². The van der Waals surface area contributed by atoms with Crippen molar-refractivity contribution in [2.45, 2.75) is 46.5 Å². The molecule has 2 fully saturated rings. The van der Waals surface area contributed by atoms with Gasteiger partial charge < -0.3 is 10.2 Å². The van der Waals surface area contributed by atoms with Gasteiger partial charge >= 0.3 is 0 Å². The maximum absolute atomic E-state index is 4.41. The van der Waals surface area contributed by atoms with Crippen LogP contribution in [-0.4, -0.2) is 37.6 Å². The predicted octanol–water partition coefficient (Wildman–Crippen LogP) is 3.53. The van der Waals surface area contributed by atoms with Gasteiger partial charge in [0.15, 0.2) is 0 Å². The quantitative estimate of drug-likeness (QED) is 0.754. The molecule has 3 heteroatoms. The van der Waals surface area contributed by atoms with Crippen LogP contribution in [0.5, 0.6) is 0 Å². The SMILES string of the molecule is CC.CC1CCN(CC2CC[N-]CC2)CC1.[V].